The van der Waals surface area contributed by atoms with Crippen LogP contribution in [0.15, 0.2) is 42.6 Å². The molecule has 0 fully saturated rings. The van der Waals surface area contributed by atoms with Crippen LogP contribution in [0.4, 0.5) is 0 Å². The number of nitrogens with one attached hydrogen (secondary N) is 1. The van der Waals surface area contributed by atoms with E-state index in [1.165, 1.54) is 18.3 Å². The molecule has 0 unspecified atom stereocenters. The molecule has 1 heterocycles. The quantitative estimate of drug-likeness (QED) is 0.906. The van der Waals surface area contributed by atoms with Gasteiger partial charge in [-0.1, -0.05) is 29.8 Å². The highest BCUT2D eigenvalue weighted by atomic mass is 35.5. The van der Waals surface area contributed by atoms with Gasteiger partial charge < -0.3 is 10.4 Å². The van der Waals surface area contributed by atoms with E-state index >= 15 is 0 Å². The molecule has 0 aliphatic rings. The van der Waals surface area contributed by atoms with Crippen LogP contribution < -0.4 is 5.32 Å². The molecule has 6 heteroatoms. The standard InChI is InChI=1S/C16H14ClN3O2/c1-16(22,12-4-2-3-5-13(12)17)10-20-15(21)14-7-6-11(8-18)9-19-14/h2-7,9,22H,10H2,1H3,(H,20,21)/t16-/m0/s1. The zero-order chi connectivity index (χ0) is 16.2. The summed E-state index contributed by atoms with van der Waals surface area (Å²) in [6.45, 7) is 1.55. The molecule has 1 aromatic heterocycles. The van der Waals surface area contributed by atoms with Gasteiger partial charge in [0.2, 0.25) is 0 Å². The van der Waals surface area contributed by atoms with Gasteiger partial charge in [-0.2, -0.15) is 5.26 Å². The number of amides is 1. The van der Waals surface area contributed by atoms with Crippen LogP contribution in [0.3, 0.4) is 0 Å². The number of carbonyl (C=O) groups excluding carboxylic acids is 1. The lowest BCUT2D eigenvalue weighted by molar-refractivity contribution is 0.0526. The molecule has 0 aliphatic carbocycles. The minimum atomic E-state index is -1.30. The Labute approximate surface area is 133 Å². The van der Waals surface area contributed by atoms with Crippen LogP contribution in [0.25, 0.3) is 0 Å². The molecule has 0 saturated carbocycles. The number of aromatic nitrogens is 1. The fourth-order valence-corrected chi connectivity index (χ4v) is 2.27. The van der Waals surface area contributed by atoms with Gasteiger partial charge in [-0.3, -0.25) is 4.79 Å². The number of aliphatic hydroxyl groups is 1. The number of nitriles is 1. The van der Waals surface area contributed by atoms with Crippen LogP contribution in [0, 0.1) is 11.3 Å². The van der Waals surface area contributed by atoms with Crippen LogP contribution in [-0.2, 0) is 5.60 Å². The predicted octanol–water partition coefficient (Wildman–Crippen LogP) is 2.24. The summed E-state index contributed by atoms with van der Waals surface area (Å²) in [5, 5.41) is 22.2. The molecule has 22 heavy (non-hydrogen) atoms. The van der Waals surface area contributed by atoms with E-state index in [0.29, 0.717) is 16.1 Å². The third-order valence-electron chi connectivity index (χ3n) is 3.17. The lowest BCUT2D eigenvalue weighted by Gasteiger charge is -2.25. The lowest BCUT2D eigenvalue weighted by atomic mass is 9.96. The van der Waals surface area contributed by atoms with Crippen molar-refractivity contribution < 1.29 is 9.90 Å². The van der Waals surface area contributed by atoms with Crippen molar-refractivity contribution in [2.45, 2.75) is 12.5 Å². The lowest BCUT2D eigenvalue weighted by Crippen LogP contribution is -2.39. The minimum absolute atomic E-state index is 0.0166. The van der Waals surface area contributed by atoms with Crippen LogP contribution in [0.5, 0.6) is 0 Å². The Hall–Kier alpha value is -2.42. The van der Waals surface area contributed by atoms with Crippen LogP contribution >= 0.6 is 11.6 Å². The van der Waals surface area contributed by atoms with E-state index in [4.69, 9.17) is 16.9 Å². The van der Waals surface area contributed by atoms with E-state index in [9.17, 15) is 9.90 Å². The highest BCUT2D eigenvalue weighted by molar-refractivity contribution is 6.31. The fraction of sp³-hybridized carbons (Fsp3) is 0.188. The van der Waals surface area contributed by atoms with Crippen molar-refractivity contribution in [3.05, 3.63) is 64.4 Å². The molecule has 0 saturated heterocycles. The van der Waals surface area contributed by atoms with Crippen molar-refractivity contribution in [3.63, 3.8) is 0 Å². The number of nitrogens with zero attached hydrogens (tertiary/aromatic N) is 2. The number of hydrogen-bond acceptors (Lipinski definition) is 4. The number of halogens is 1. The van der Waals surface area contributed by atoms with Gasteiger partial charge >= 0.3 is 0 Å². The van der Waals surface area contributed by atoms with Gasteiger partial charge in [-0.25, -0.2) is 4.98 Å². The molecule has 2 rings (SSSR count). The molecule has 0 bridgehead atoms. The first-order valence-electron chi connectivity index (χ1n) is 6.56. The summed E-state index contributed by atoms with van der Waals surface area (Å²) in [4.78, 5) is 15.9. The van der Waals surface area contributed by atoms with E-state index in [1.807, 2.05) is 6.07 Å². The Bertz CT molecular complexity index is 721. The van der Waals surface area contributed by atoms with Crippen molar-refractivity contribution in [1.82, 2.24) is 10.3 Å². The normalized spacial score (nSPS) is 13.0. The van der Waals surface area contributed by atoms with Crippen molar-refractivity contribution in [3.8, 4) is 6.07 Å². The van der Waals surface area contributed by atoms with Gasteiger partial charge in [0, 0.05) is 16.8 Å². The van der Waals surface area contributed by atoms with E-state index in [2.05, 4.69) is 10.3 Å². The zero-order valence-corrected chi connectivity index (χ0v) is 12.6. The first-order valence-corrected chi connectivity index (χ1v) is 6.93. The van der Waals surface area contributed by atoms with Gasteiger partial charge in [0.05, 0.1) is 12.1 Å². The average Bonchev–Trinajstić information content (AvgIpc) is 2.53. The fourth-order valence-electron chi connectivity index (χ4n) is 1.93. The number of benzene rings is 1. The molecule has 112 valence electrons. The Kier molecular flexibility index (Phi) is 4.76. The largest absolute Gasteiger partial charge is 0.384 e. The second-order valence-corrected chi connectivity index (χ2v) is 5.39. The van der Waals surface area contributed by atoms with Crippen molar-refractivity contribution in [2.24, 2.45) is 0 Å². The molecular weight excluding hydrogens is 302 g/mol. The number of rotatable bonds is 4. The molecule has 1 atom stereocenters. The smallest absolute Gasteiger partial charge is 0.269 e. The Balaban J connectivity index is 2.06. The van der Waals surface area contributed by atoms with Gasteiger partial charge in [0.1, 0.15) is 17.4 Å². The van der Waals surface area contributed by atoms with E-state index in [0.717, 1.165) is 0 Å². The Morgan fingerprint density at radius 1 is 1.41 bits per heavy atom. The Morgan fingerprint density at radius 2 is 2.14 bits per heavy atom. The average molecular weight is 316 g/mol. The zero-order valence-electron chi connectivity index (χ0n) is 11.9. The third-order valence-corrected chi connectivity index (χ3v) is 3.50. The van der Waals surface area contributed by atoms with Gasteiger partial charge in [-0.15, -0.1) is 0 Å². The van der Waals surface area contributed by atoms with Crippen LogP contribution in [0.1, 0.15) is 28.5 Å². The molecule has 0 aliphatic heterocycles. The number of carbonyl (C=O) groups is 1. The maximum atomic E-state index is 12.0. The maximum absolute atomic E-state index is 12.0. The summed E-state index contributed by atoms with van der Waals surface area (Å²) in [7, 11) is 0. The summed E-state index contributed by atoms with van der Waals surface area (Å²) < 4.78 is 0. The summed E-state index contributed by atoms with van der Waals surface area (Å²) >= 11 is 6.06. The summed E-state index contributed by atoms with van der Waals surface area (Å²) in [6.07, 6.45) is 1.32. The molecular formula is C16H14ClN3O2. The predicted molar refractivity (Wildman–Crippen MR) is 82.3 cm³/mol. The maximum Gasteiger partial charge on any atom is 0.269 e. The summed E-state index contributed by atoms with van der Waals surface area (Å²) in [6, 6.07) is 11.8. The van der Waals surface area contributed by atoms with Crippen molar-refractivity contribution in [1.29, 1.82) is 5.26 Å². The topological polar surface area (TPSA) is 86.0 Å². The molecule has 0 radical (unpaired) electrons. The number of hydrogen-bond donors (Lipinski definition) is 2. The third kappa shape index (κ3) is 3.61. The highest BCUT2D eigenvalue weighted by Crippen LogP contribution is 2.27. The molecule has 5 nitrogen and oxygen atoms in total. The second kappa shape index (κ2) is 6.56. The minimum Gasteiger partial charge on any atom is -0.384 e. The molecule has 2 aromatic rings. The summed E-state index contributed by atoms with van der Waals surface area (Å²) in [5.74, 6) is -0.434. The molecule has 2 N–H and O–H groups in total. The molecule has 0 spiro atoms. The van der Waals surface area contributed by atoms with Crippen LogP contribution in [0.2, 0.25) is 5.02 Å². The van der Waals surface area contributed by atoms with Crippen molar-refractivity contribution >= 4 is 17.5 Å². The van der Waals surface area contributed by atoms with E-state index in [-0.39, 0.29) is 12.2 Å². The van der Waals surface area contributed by atoms with Gasteiger partial charge in [0.25, 0.3) is 5.91 Å². The highest BCUT2D eigenvalue weighted by Gasteiger charge is 2.26. The summed E-state index contributed by atoms with van der Waals surface area (Å²) in [5.41, 5.74) is -0.223. The monoisotopic (exact) mass is 315 g/mol. The van der Waals surface area contributed by atoms with Gasteiger partial charge in [0.15, 0.2) is 0 Å². The van der Waals surface area contributed by atoms with E-state index in [1.54, 1.807) is 31.2 Å². The number of pyridine rings is 1. The molecule has 1 aromatic carbocycles. The van der Waals surface area contributed by atoms with E-state index < -0.39 is 11.5 Å². The Morgan fingerprint density at radius 3 is 2.73 bits per heavy atom. The molecule has 1 amide bonds. The van der Waals surface area contributed by atoms with Crippen LogP contribution in [-0.4, -0.2) is 22.5 Å². The van der Waals surface area contributed by atoms with Crippen molar-refractivity contribution in [2.75, 3.05) is 6.54 Å². The second-order valence-electron chi connectivity index (χ2n) is 4.98. The first-order chi connectivity index (χ1) is 10.4. The van der Waals surface area contributed by atoms with Gasteiger partial charge in [-0.05, 0) is 25.1 Å². The first kappa shape index (κ1) is 16.0. The SMILES string of the molecule is C[C@](O)(CNC(=O)c1ccc(C#N)cn1)c1ccccc1Cl.